The van der Waals surface area contributed by atoms with Crippen LogP contribution in [0.3, 0.4) is 0 Å². The maximum absolute atomic E-state index is 2.47. The Morgan fingerprint density at radius 2 is 0.824 bits per heavy atom. The van der Waals surface area contributed by atoms with Crippen molar-refractivity contribution in [1.82, 2.24) is 4.57 Å². The zero-order valence-electron chi connectivity index (χ0n) is 40.6. The molecule has 1 aromatic heterocycles. The number of hydrogen-bond donors (Lipinski definition) is 0. The second kappa shape index (κ2) is 16.5. The Labute approximate surface area is 431 Å². The highest BCUT2D eigenvalue weighted by Crippen LogP contribution is 2.66. The van der Waals surface area contributed by atoms with Crippen molar-refractivity contribution in [2.24, 2.45) is 0 Å². The molecule has 15 rings (SSSR count). The van der Waals surface area contributed by atoms with Crippen LogP contribution in [0.1, 0.15) is 44.5 Å². The first-order chi connectivity index (χ1) is 36.7. The average molecular weight is 941 g/mol. The lowest BCUT2D eigenvalue weighted by Gasteiger charge is -2.49. The van der Waals surface area contributed by atoms with Gasteiger partial charge in [-0.05, 0) is 138 Å². The Bertz CT molecular complexity index is 4290. The molecule has 0 radical (unpaired) electrons. The lowest BCUT2D eigenvalue weighted by molar-refractivity contribution is 0.627. The highest BCUT2D eigenvalue weighted by molar-refractivity contribution is 6.21. The fraction of sp³-hybridized carbons (Fsp3) is 0.0278. The molecule has 2 nitrogen and oxygen atoms in total. The molecule has 1 heterocycles. The minimum Gasteiger partial charge on any atom is -0.310 e. The van der Waals surface area contributed by atoms with Gasteiger partial charge in [0.2, 0.25) is 0 Å². The van der Waals surface area contributed by atoms with E-state index in [1.165, 1.54) is 99.3 Å². The molecule has 0 bridgehead atoms. The van der Waals surface area contributed by atoms with Crippen molar-refractivity contribution < 1.29 is 0 Å². The van der Waals surface area contributed by atoms with E-state index in [4.69, 9.17) is 0 Å². The summed E-state index contributed by atoms with van der Waals surface area (Å²) in [5.74, 6) is 0. The summed E-state index contributed by atoms with van der Waals surface area (Å²) in [6.07, 6.45) is 0. The van der Waals surface area contributed by atoms with Crippen LogP contribution >= 0.6 is 0 Å². The summed E-state index contributed by atoms with van der Waals surface area (Å²) >= 11 is 0. The molecule has 2 unspecified atom stereocenters. The van der Waals surface area contributed by atoms with Crippen LogP contribution in [0.25, 0.3) is 60.5 Å². The van der Waals surface area contributed by atoms with E-state index in [-0.39, 0.29) is 0 Å². The minimum absolute atomic E-state index is 0.520. The Hall–Kier alpha value is -9.50. The molecule has 0 aliphatic heterocycles. The molecule has 0 N–H and O–H groups in total. The van der Waals surface area contributed by atoms with Crippen LogP contribution in [0.15, 0.2) is 291 Å². The van der Waals surface area contributed by atoms with E-state index >= 15 is 0 Å². The van der Waals surface area contributed by atoms with E-state index < -0.39 is 10.8 Å². The van der Waals surface area contributed by atoms with Crippen molar-refractivity contribution in [2.75, 3.05) is 4.90 Å². The Balaban J connectivity index is 0.960. The molecule has 0 spiro atoms. The van der Waals surface area contributed by atoms with Crippen LogP contribution in [0.4, 0.5) is 17.1 Å². The van der Waals surface area contributed by atoms with Crippen LogP contribution < -0.4 is 4.90 Å². The van der Waals surface area contributed by atoms with Crippen molar-refractivity contribution in [3.05, 3.63) is 336 Å². The average Bonchev–Trinajstić information content (AvgIpc) is 4.08. The molecule has 346 valence electrons. The second-order valence-corrected chi connectivity index (χ2v) is 19.9. The van der Waals surface area contributed by atoms with Gasteiger partial charge < -0.3 is 9.47 Å². The molecule has 12 aromatic carbocycles. The summed E-state index contributed by atoms with van der Waals surface area (Å²) in [6, 6.07) is 108. The summed E-state index contributed by atoms with van der Waals surface area (Å²) in [4.78, 5) is 2.44. The molecule has 2 heteroatoms. The van der Waals surface area contributed by atoms with E-state index in [2.05, 4.69) is 301 Å². The summed E-state index contributed by atoms with van der Waals surface area (Å²) in [6.45, 7) is 0. The number of anilines is 3. The van der Waals surface area contributed by atoms with Gasteiger partial charge in [-0.15, -0.1) is 0 Å². The standard InChI is InChI=1S/C72H48N2/c1-4-20-49(21-5-1)50-38-41-55(42-39-50)73(56-43-45-57(46-44-56)74-67-37-17-13-31-62(67)69-59-29-11-10-22-51(59)40-47-68(69)74)58-28-18-27-54(48-58)71(52-23-6-2-7-24-52)64-34-15-16-35-65(64)72(53-25-8-3-9-26-53)63-33-14-12-30-60(63)61-32-19-36-66(71)70(61)72/h1-48H. The van der Waals surface area contributed by atoms with Crippen molar-refractivity contribution in [3.8, 4) is 27.9 Å². The fourth-order valence-corrected chi connectivity index (χ4v) is 13.4. The third-order valence-electron chi connectivity index (χ3n) is 16.3. The van der Waals surface area contributed by atoms with Gasteiger partial charge in [-0.25, -0.2) is 0 Å². The van der Waals surface area contributed by atoms with Gasteiger partial charge >= 0.3 is 0 Å². The Morgan fingerprint density at radius 1 is 0.297 bits per heavy atom. The first kappa shape index (κ1) is 42.2. The third-order valence-corrected chi connectivity index (χ3v) is 16.3. The highest BCUT2D eigenvalue weighted by Gasteiger charge is 2.57. The maximum Gasteiger partial charge on any atom is 0.0720 e. The Morgan fingerprint density at radius 3 is 1.57 bits per heavy atom. The SMILES string of the molecule is c1ccc(-c2ccc(N(c3ccc(-n4c5ccccc5c5c6ccccc6ccc54)cc3)c3cccc(C4(c5ccccc5)c5ccccc5C5(c6ccccc6)c6ccccc6-c6cccc4c65)c3)cc2)cc1. The molecular formula is C72H48N2. The summed E-state index contributed by atoms with van der Waals surface area (Å²) in [5, 5.41) is 5.06. The molecule has 2 aliphatic carbocycles. The lowest BCUT2D eigenvalue weighted by Crippen LogP contribution is -2.44. The predicted octanol–water partition coefficient (Wildman–Crippen LogP) is 18.1. The molecule has 74 heavy (non-hydrogen) atoms. The highest BCUT2D eigenvalue weighted by atomic mass is 15.1. The number of benzene rings is 12. The van der Waals surface area contributed by atoms with Gasteiger partial charge in [0.05, 0.1) is 21.9 Å². The largest absolute Gasteiger partial charge is 0.310 e. The van der Waals surface area contributed by atoms with Crippen molar-refractivity contribution in [1.29, 1.82) is 0 Å². The van der Waals surface area contributed by atoms with E-state index in [1.54, 1.807) is 0 Å². The van der Waals surface area contributed by atoms with Gasteiger partial charge in [0.15, 0.2) is 0 Å². The minimum atomic E-state index is -0.688. The van der Waals surface area contributed by atoms with Gasteiger partial charge in [0.25, 0.3) is 0 Å². The zero-order valence-corrected chi connectivity index (χ0v) is 40.6. The molecule has 0 saturated carbocycles. The van der Waals surface area contributed by atoms with E-state index in [9.17, 15) is 0 Å². The van der Waals surface area contributed by atoms with Gasteiger partial charge in [0.1, 0.15) is 0 Å². The van der Waals surface area contributed by atoms with Gasteiger partial charge in [0, 0.05) is 33.5 Å². The monoisotopic (exact) mass is 940 g/mol. The van der Waals surface area contributed by atoms with Gasteiger partial charge in [-0.2, -0.15) is 0 Å². The number of hydrogen-bond acceptors (Lipinski definition) is 1. The summed E-state index contributed by atoms with van der Waals surface area (Å²) in [5.41, 5.74) is 20.8. The topological polar surface area (TPSA) is 8.17 Å². The van der Waals surface area contributed by atoms with Crippen LogP contribution in [-0.2, 0) is 10.8 Å². The van der Waals surface area contributed by atoms with Crippen LogP contribution in [-0.4, -0.2) is 4.57 Å². The third kappa shape index (κ3) is 5.94. The number of nitrogens with zero attached hydrogens (tertiary/aromatic N) is 2. The summed E-state index contributed by atoms with van der Waals surface area (Å²) in [7, 11) is 0. The normalized spacial score (nSPS) is 16.2. The van der Waals surface area contributed by atoms with E-state index in [0.29, 0.717) is 0 Å². The van der Waals surface area contributed by atoms with Gasteiger partial charge in [-0.3, -0.25) is 0 Å². The van der Waals surface area contributed by atoms with E-state index in [1.807, 2.05) is 0 Å². The second-order valence-electron chi connectivity index (χ2n) is 19.9. The van der Waals surface area contributed by atoms with Crippen molar-refractivity contribution >= 4 is 49.6 Å². The molecule has 0 fully saturated rings. The molecule has 2 aliphatic rings. The predicted molar refractivity (Wildman–Crippen MR) is 308 cm³/mol. The first-order valence-electron chi connectivity index (χ1n) is 25.8. The maximum atomic E-state index is 2.47. The first-order valence-corrected chi connectivity index (χ1v) is 25.8. The molecule has 13 aromatic rings. The van der Waals surface area contributed by atoms with Gasteiger partial charge in [-0.1, -0.05) is 231 Å². The zero-order chi connectivity index (χ0) is 48.8. The number of rotatable bonds is 8. The Kier molecular flexibility index (Phi) is 9.43. The number of para-hydroxylation sites is 1. The molecule has 2 atom stereocenters. The molecular weight excluding hydrogens is 893 g/mol. The fourth-order valence-electron chi connectivity index (χ4n) is 13.4. The molecule has 0 amide bonds. The van der Waals surface area contributed by atoms with E-state index in [0.717, 1.165) is 22.7 Å². The number of aromatic nitrogens is 1. The number of fused-ring (bicyclic) bond motifs is 10. The summed E-state index contributed by atoms with van der Waals surface area (Å²) < 4.78 is 2.43. The van der Waals surface area contributed by atoms with Crippen LogP contribution in [0.5, 0.6) is 0 Å². The quantitative estimate of drug-likeness (QED) is 0.147. The lowest BCUT2D eigenvalue weighted by atomic mass is 9.51. The van der Waals surface area contributed by atoms with Crippen LogP contribution in [0, 0.1) is 0 Å². The van der Waals surface area contributed by atoms with Crippen LogP contribution in [0.2, 0.25) is 0 Å². The molecule has 0 saturated heterocycles. The van der Waals surface area contributed by atoms with Crippen molar-refractivity contribution in [2.45, 2.75) is 10.8 Å². The smallest absolute Gasteiger partial charge is 0.0720 e. The van der Waals surface area contributed by atoms with Crippen molar-refractivity contribution in [3.63, 3.8) is 0 Å².